The molecule has 7 heteroatoms. The molecule has 0 atom stereocenters. The summed E-state index contributed by atoms with van der Waals surface area (Å²) in [7, 11) is 0. The summed E-state index contributed by atoms with van der Waals surface area (Å²) in [5.74, 6) is 0.241. The van der Waals surface area contributed by atoms with Gasteiger partial charge in [0.15, 0.2) is 5.82 Å². The van der Waals surface area contributed by atoms with Crippen LogP contribution in [-0.2, 0) is 6.54 Å². The molecular formula is C23H22N4O3. The van der Waals surface area contributed by atoms with Gasteiger partial charge in [-0.3, -0.25) is 9.55 Å². The Balaban J connectivity index is 1.69. The van der Waals surface area contributed by atoms with Gasteiger partial charge in [-0.25, -0.2) is 9.89 Å². The Labute approximate surface area is 173 Å². The predicted molar refractivity (Wildman–Crippen MR) is 114 cm³/mol. The van der Waals surface area contributed by atoms with Gasteiger partial charge in [-0.05, 0) is 40.3 Å². The first-order valence-electron chi connectivity index (χ1n) is 9.65. The number of aromatic amines is 1. The van der Waals surface area contributed by atoms with E-state index in [1.165, 1.54) is 10.6 Å². The fraction of sp³-hybridized carbons (Fsp3) is 0.174. The van der Waals surface area contributed by atoms with Crippen LogP contribution < -0.4 is 5.69 Å². The minimum absolute atomic E-state index is 0.0154. The number of hydrogen-bond donors (Lipinski definition) is 3. The summed E-state index contributed by atoms with van der Waals surface area (Å²) in [6, 6.07) is 14.7. The van der Waals surface area contributed by atoms with Crippen LogP contribution in [0.15, 0.2) is 65.7 Å². The maximum atomic E-state index is 12.4. The van der Waals surface area contributed by atoms with Gasteiger partial charge in [-0.15, -0.1) is 0 Å². The molecule has 0 bridgehead atoms. The van der Waals surface area contributed by atoms with Crippen LogP contribution in [0.25, 0.3) is 22.5 Å². The molecule has 0 aliphatic rings. The number of pyridine rings is 1. The van der Waals surface area contributed by atoms with Gasteiger partial charge >= 0.3 is 5.69 Å². The Morgan fingerprint density at radius 2 is 1.80 bits per heavy atom. The van der Waals surface area contributed by atoms with Crippen molar-refractivity contribution in [3.63, 3.8) is 0 Å². The van der Waals surface area contributed by atoms with Crippen molar-refractivity contribution in [3.05, 3.63) is 82.5 Å². The highest BCUT2D eigenvalue weighted by molar-refractivity contribution is 5.68. The number of H-pyrrole nitrogens is 1. The molecule has 0 saturated heterocycles. The third-order valence-corrected chi connectivity index (χ3v) is 5.06. The zero-order valence-electron chi connectivity index (χ0n) is 16.7. The van der Waals surface area contributed by atoms with Crippen molar-refractivity contribution < 1.29 is 10.2 Å². The second kappa shape index (κ2) is 7.87. The molecule has 0 saturated carbocycles. The number of rotatable bonds is 5. The summed E-state index contributed by atoms with van der Waals surface area (Å²) >= 11 is 0. The van der Waals surface area contributed by atoms with Crippen molar-refractivity contribution in [2.75, 3.05) is 0 Å². The van der Waals surface area contributed by atoms with Crippen LogP contribution in [0, 0.1) is 0 Å². The highest BCUT2D eigenvalue weighted by atomic mass is 16.3. The molecule has 0 aliphatic heterocycles. The zero-order valence-corrected chi connectivity index (χ0v) is 16.7. The van der Waals surface area contributed by atoms with Crippen molar-refractivity contribution in [3.8, 4) is 34.0 Å². The van der Waals surface area contributed by atoms with E-state index in [1.54, 1.807) is 18.5 Å². The highest BCUT2D eigenvalue weighted by Crippen LogP contribution is 2.36. The van der Waals surface area contributed by atoms with E-state index in [0.29, 0.717) is 17.0 Å². The minimum Gasteiger partial charge on any atom is -0.508 e. The quantitative estimate of drug-likeness (QED) is 0.470. The molecular weight excluding hydrogens is 380 g/mol. The summed E-state index contributed by atoms with van der Waals surface area (Å²) in [5, 5.41) is 27.1. The van der Waals surface area contributed by atoms with Crippen molar-refractivity contribution in [1.29, 1.82) is 0 Å². The lowest BCUT2D eigenvalue weighted by Crippen LogP contribution is -2.18. The molecule has 0 unspecified atom stereocenters. The van der Waals surface area contributed by atoms with E-state index in [-0.39, 0.29) is 29.7 Å². The van der Waals surface area contributed by atoms with E-state index < -0.39 is 0 Å². The van der Waals surface area contributed by atoms with E-state index in [2.05, 4.69) is 15.2 Å². The molecule has 0 radical (unpaired) electrons. The molecule has 2 heterocycles. The van der Waals surface area contributed by atoms with Gasteiger partial charge in [-0.1, -0.05) is 44.2 Å². The largest absolute Gasteiger partial charge is 0.508 e. The molecule has 4 aromatic rings. The second-order valence-corrected chi connectivity index (χ2v) is 7.46. The van der Waals surface area contributed by atoms with Gasteiger partial charge in [-0.2, -0.15) is 5.10 Å². The Morgan fingerprint density at radius 1 is 1.03 bits per heavy atom. The molecule has 0 spiro atoms. The second-order valence-electron chi connectivity index (χ2n) is 7.46. The number of hydrogen-bond acceptors (Lipinski definition) is 5. The van der Waals surface area contributed by atoms with Crippen LogP contribution in [0.2, 0.25) is 0 Å². The topological polar surface area (TPSA) is 104 Å². The smallest absolute Gasteiger partial charge is 0.343 e. The molecule has 152 valence electrons. The molecule has 0 amide bonds. The van der Waals surface area contributed by atoms with Crippen LogP contribution >= 0.6 is 0 Å². The third-order valence-electron chi connectivity index (χ3n) is 5.06. The van der Waals surface area contributed by atoms with E-state index >= 15 is 0 Å². The van der Waals surface area contributed by atoms with E-state index in [9.17, 15) is 15.0 Å². The van der Waals surface area contributed by atoms with Gasteiger partial charge in [0.25, 0.3) is 0 Å². The zero-order chi connectivity index (χ0) is 21.3. The summed E-state index contributed by atoms with van der Waals surface area (Å²) in [5.41, 5.74) is 3.65. The predicted octanol–water partition coefficient (Wildman–Crippen LogP) is 3.88. The Kier molecular flexibility index (Phi) is 5.10. The van der Waals surface area contributed by atoms with Crippen molar-refractivity contribution >= 4 is 0 Å². The molecule has 30 heavy (non-hydrogen) atoms. The first-order valence-corrected chi connectivity index (χ1v) is 9.65. The SMILES string of the molecule is CC(C)c1cc(-c2n[nH]c(=O)n2Cc2ccc(-c3cccnc3)cc2)c(O)cc1O. The average molecular weight is 402 g/mol. The maximum Gasteiger partial charge on any atom is 0.343 e. The van der Waals surface area contributed by atoms with Crippen LogP contribution in [0.4, 0.5) is 0 Å². The Morgan fingerprint density at radius 3 is 2.47 bits per heavy atom. The number of benzene rings is 2. The maximum absolute atomic E-state index is 12.4. The summed E-state index contributed by atoms with van der Waals surface area (Å²) < 4.78 is 1.47. The standard InChI is InChI=1S/C23H22N4O3/c1-14(2)18-10-19(21(29)11-20(18)28)22-25-26-23(30)27(22)13-15-5-7-16(8-6-15)17-4-3-9-24-12-17/h3-12,14,28-29H,13H2,1-2H3,(H,26,30). The summed E-state index contributed by atoms with van der Waals surface area (Å²) in [4.78, 5) is 16.5. The normalized spacial score (nSPS) is 11.2. The van der Waals surface area contributed by atoms with Crippen molar-refractivity contribution in [2.45, 2.75) is 26.3 Å². The number of phenolic OH excluding ortho intramolecular Hbond substituents is 2. The Hall–Kier alpha value is -3.87. The van der Waals surface area contributed by atoms with E-state index in [0.717, 1.165) is 16.7 Å². The molecule has 0 fully saturated rings. The summed E-state index contributed by atoms with van der Waals surface area (Å²) in [6.45, 7) is 4.17. The van der Waals surface area contributed by atoms with Crippen LogP contribution in [0.5, 0.6) is 11.5 Å². The van der Waals surface area contributed by atoms with Gasteiger partial charge < -0.3 is 10.2 Å². The molecule has 2 aromatic carbocycles. The lowest BCUT2D eigenvalue weighted by molar-refractivity contribution is 0.444. The number of aromatic hydroxyl groups is 2. The van der Waals surface area contributed by atoms with Crippen molar-refractivity contribution in [2.24, 2.45) is 0 Å². The monoisotopic (exact) mass is 402 g/mol. The number of phenols is 2. The molecule has 2 aromatic heterocycles. The first-order chi connectivity index (χ1) is 14.4. The molecule has 0 aliphatic carbocycles. The fourth-order valence-corrected chi connectivity index (χ4v) is 3.42. The average Bonchev–Trinajstić information content (AvgIpc) is 3.09. The van der Waals surface area contributed by atoms with E-state index in [1.807, 2.05) is 50.2 Å². The lowest BCUT2D eigenvalue weighted by Gasteiger charge is -2.13. The Bertz CT molecular complexity index is 1230. The number of nitrogens with one attached hydrogen (secondary N) is 1. The highest BCUT2D eigenvalue weighted by Gasteiger charge is 2.18. The fourth-order valence-electron chi connectivity index (χ4n) is 3.42. The van der Waals surface area contributed by atoms with Gasteiger partial charge in [0.1, 0.15) is 11.5 Å². The van der Waals surface area contributed by atoms with Gasteiger partial charge in [0.2, 0.25) is 0 Å². The van der Waals surface area contributed by atoms with E-state index in [4.69, 9.17) is 0 Å². The lowest BCUT2D eigenvalue weighted by atomic mass is 9.98. The first kappa shape index (κ1) is 19.4. The van der Waals surface area contributed by atoms with Gasteiger partial charge in [0, 0.05) is 18.5 Å². The third kappa shape index (κ3) is 3.69. The summed E-state index contributed by atoms with van der Waals surface area (Å²) in [6.07, 6.45) is 3.53. The van der Waals surface area contributed by atoms with Crippen LogP contribution in [-0.4, -0.2) is 30.0 Å². The van der Waals surface area contributed by atoms with Crippen molar-refractivity contribution in [1.82, 2.24) is 19.7 Å². The van der Waals surface area contributed by atoms with Crippen LogP contribution in [0.3, 0.4) is 0 Å². The number of nitrogens with zero attached hydrogens (tertiary/aromatic N) is 3. The molecule has 4 rings (SSSR count). The minimum atomic E-state index is -0.375. The number of aromatic nitrogens is 4. The van der Waals surface area contributed by atoms with Gasteiger partial charge in [0.05, 0.1) is 12.1 Å². The van der Waals surface area contributed by atoms with Crippen LogP contribution in [0.1, 0.15) is 30.9 Å². The molecule has 3 N–H and O–H groups in total. The molecule has 7 nitrogen and oxygen atoms in total.